The smallest absolute Gasteiger partial charge is 0.371 e. The number of aromatic nitrogens is 3. The summed E-state index contributed by atoms with van der Waals surface area (Å²) in [6.45, 7) is 5.84. The number of imidazole rings is 1. The Bertz CT molecular complexity index is 1630. The van der Waals surface area contributed by atoms with E-state index in [1.54, 1.807) is 18.2 Å². The maximum Gasteiger partial charge on any atom is 0.371 e. The third kappa shape index (κ3) is 5.53. The molecule has 0 bridgehead atoms. The Morgan fingerprint density at radius 1 is 1.24 bits per heavy atom. The Morgan fingerprint density at radius 3 is 2.73 bits per heavy atom. The summed E-state index contributed by atoms with van der Waals surface area (Å²) in [6, 6.07) is 13.5. The molecule has 5 heterocycles. The molecule has 1 N–H and O–H groups in total. The van der Waals surface area contributed by atoms with Crippen LogP contribution in [0.1, 0.15) is 59.4 Å². The third-order valence-electron chi connectivity index (χ3n) is 8.14. The minimum absolute atomic E-state index is 0.0217. The molecule has 2 fully saturated rings. The third-order valence-corrected chi connectivity index (χ3v) is 8.14. The maximum atomic E-state index is 14.3. The van der Waals surface area contributed by atoms with Gasteiger partial charge in [0.1, 0.15) is 23.8 Å². The lowest BCUT2D eigenvalue weighted by molar-refractivity contribution is -0.0592. The predicted octanol–water partition coefficient (Wildman–Crippen LogP) is 4.65. The van der Waals surface area contributed by atoms with Crippen LogP contribution in [-0.2, 0) is 29.8 Å². The zero-order chi connectivity index (χ0) is 28.6. The lowest BCUT2D eigenvalue weighted by Crippen LogP contribution is -2.41. The number of carbonyl (C=O) groups is 1. The zero-order valence-corrected chi connectivity index (χ0v) is 22.7. The number of pyridine rings is 1. The lowest BCUT2D eigenvalue weighted by Gasteiger charge is -2.39. The van der Waals surface area contributed by atoms with Gasteiger partial charge in [0.05, 0.1) is 36.5 Å². The number of carboxylic acids is 1. The Hall–Kier alpha value is -4.27. The average Bonchev–Trinajstić information content (AvgIpc) is 3.50. The summed E-state index contributed by atoms with van der Waals surface area (Å²) in [5, 5.41) is 18.3. The van der Waals surface area contributed by atoms with Gasteiger partial charge >= 0.3 is 5.97 Å². The van der Waals surface area contributed by atoms with Gasteiger partial charge in [-0.15, -0.1) is 0 Å². The van der Waals surface area contributed by atoms with Crippen LogP contribution in [-0.4, -0.2) is 56.3 Å². The fraction of sp³-hybridized carbons (Fsp3) is 0.400. The summed E-state index contributed by atoms with van der Waals surface area (Å²) in [4.78, 5) is 23.2. The number of halogens is 1. The molecule has 2 saturated heterocycles. The highest BCUT2D eigenvalue weighted by Crippen LogP contribution is 2.35. The molecule has 3 aromatic heterocycles. The number of nitriles is 1. The Balaban J connectivity index is 1.11. The molecule has 10 nitrogen and oxygen atoms in total. The summed E-state index contributed by atoms with van der Waals surface area (Å²) in [5.74, 6) is -0.449. The number of rotatable bonds is 9. The second-order valence-corrected chi connectivity index (χ2v) is 10.9. The molecule has 0 amide bonds. The normalized spacial score (nSPS) is 18.6. The van der Waals surface area contributed by atoms with Crippen molar-refractivity contribution in [3.05, 3.63) is 76.7 Å². The van der Waals surface area contributed by atoms with E-state index in [9.17, 15) is 14.3 Å². The Kier molecular flexibility index (Phi) is 7.19. The van der Waals surface area contributed by atoms with Crippen LogP contribution in [0, 0.1) is 17.1 Å². The molecule has 212 valence electrons. The van der Waals surface area contributed by atoms with Gasteiger partial charge in [-0.25, -0.2) is 14.2 Å². The van der Waals surface area contributed by atoms with Crippen LogP contribution >= 0.6 is 0 Å². The lowest BCUT2D eigenvalue weighted by atomic mass is 9.77. The second kappa shape index (κ2) is 11.0. The first-order valence-corrected chi connectivity index (χ1v) is 13.7. The topological polar surface area (TPSA) is 127 Å². The molecule has 41 heavy (non-hydrogen) atoms. The summed E-state index contributed by atoms with van der Waals surface area (Å²) < 4.78 is 33.2. The molecule has 1 aromatic carbocycles. The number of piperidine rings is 1. The van der Waals surface area contributed by atoms with Crippen molar-refractivity contribution in [3.63, 3.8) is 0 Å². The van der Waals surface area contributed by atoms with Gasteiger partial charge in [0, 0.05) is 29.7 Å². The van der Waals surface area contributed by atoms with Gasteiger partial charge in [0.2, 0.25) is 17.4 Å². The van der Waals surface area contributed by atoms with Crippen molar-refractivity contribution in [2.75, 3.05) is 19.7 Å². The molecule has 4 aromatic rings. The van der Waals surface area contributed by atoms with Crippen molar-refractivity contribution in [1.82, 2.24) is 19.4 Å². The number of nitrogens with zero attached hydrogens (tertiary/aromatic N) is 5. The first-order chi connectivity index (χ1) is 19.8. The minimum Gasteiger partial charge on any atom is -0.475 e. The molecule has 0 spiro atoms. The van der Waals surface area contributed by atoms with Crippen LogP contribution in [0.25, 0.3) is 11.2 Å². The zero-order valence-electron chi connectivity index (χ0n) is 22.7. The average molecular weight is 560 g/mol. The molecular formula is C30H30FN5O5. The van der Waals surface area contributed by atoms with Crippen LogP contribution in [0.4, 0.5) is 4.39 Å². The van der Waals surface area contributed by atoms with Crippen LogP contribution in [0.15, 0.2) is 46.9 Å². The van der Waals surface area contributed by atoms with Crippen molar-refractivity contribution in [2.24, 2.45) is 0 Å². The molecule has 11 heteroatoms. The molecule has 0 saturated carbocycles. The SMILES string of the molecule is CC1(c2cccc(OCc3ccc(C#N)cc3F)n2)CCN(Cc2nc3oc(C(=O)O)cc3n2C[C@@H]2CCO2)CC1. The highest BCUT2D eigenvalue weighted by Gasteiger charge is 2.34. The van der Waals surface area contributed by atoms with Crippen molar-refractivity contribution in [2.45, 2.75) is 57.4 Å². The van der Waals surface area contributed by atoms with Crippen molar-refractivity contribution < 1.29 is 28.2 Å². The number of carboxylic acid groups (broad SMARTS) is 1. The highest BCUT2D eigenvalue weighted by atomic mass is 19.1. The first-order valence-electron chi connectivity index (χ1n) is 13.7. The van der Waals surface area contributed by atoms with Crippen LogP contribution in [0.3, 0.4) is 0 Å². The van der Waals surface area contributed by atoms with Gasteiger partial charge in [0.15, 0.2) is 0 Å². The maximum absolute atomic E-state index is 14.3. The van der Waals surface area contributed by atoms with Crippen molar-refractivity contribution in [3.8, 4) is 11.9 Å². The highest BCUT2D eigenvalue weighted by molar-refractivity contribution is 5.89. The van der Waals surface area contributed by atoms with Gasteiger partial charge in [-0.1, -0.05) is 19.1 Å². The molecule has 0 aliphatic carbocycles. The summed E-state index contributed by atoms with van der Waals surface area (Å²) in [6.07, 6.45) is 2.80. The molecule has 6 rings (SSSR count). The van der Waals surface area contributed by atoms with E-state index < -0.39 is 11.8 Å². The van der Waals surface area contributed by atoms with Crippen LogP contribution < -0.4 is 4.74 Å². The van der Waals surface area contributed by atoms with Gasteiger partial charge in [-0.3, -0.25) is 4.90 Å². The summed E-state index contributed by atoms with van der Waals surface area (Å²) >= 11 is 0. The van der Waals surface area contributed by atoms with Gasteiger partial charge in [-0.2, -0.15) is 10.2 Å². The number of likely N-dealkylation sites (tertiary alicyclic amines) is 1. The molecule has 0 radical (unpaired) electrons. The number of furan rings is 1. The molecule has 2 aliphatic rings. The number of fused-ring (bicyclic) bond motifs is 1. The number of hydrogen-bond acceptors (Lipinski definition) is 8. The van der Waals surface area contributed by atoms with E-state index >= 15 is 0 Å². The molecule has 1 atom stereocenters. The Labute approximate surface area is 235 Å². The Morgan fingerprint density at radius 2 is 2.05 bits per heavy atom. The molecular weight excluding hydrogens is 529 g/mol. The van der Waals surface area contributed by atoms with Crippen molar-refractivity contribution >= 4 is 17.2 Å². The summed E-state index contributed by atoms with van der Waals surface area (Å²) in [7, 11) is 0. The van der Waals surface area contributed by atoms with Crippen molar-refractivity contribution in [1.29, 1.82) is 5.26 Å². The number of ether oxygens (including phenoxy) is 2. The van der Waals surface area contributed by atoms with E-state index in [1.807, 2.05) is 22.8 Å². The van der Waals surface area contributed by atoms with Crippen LogP contribution in [0.2, 0.25) is 0 Å². The van der Waals surface area contributed by atoms with Gasteiger partial charge in [0.25, 0.3) is 0 Å². The van der Waals surface area contributed by atoms with E-state index in [0.717, 1.165) is 50.5 Å². The number of hydrogen-bond donors (Lipinski definition) is 1. The van der Waals surface area contributed by atoms with Gasteiger partial charge in [-0.05, 0) is 50.6 Å². The van der Waals surface area contributed by atoms with E-state index in [2.05, 4.69) is 16.8 Å². The van der Waals surface area contributed by atoms with E-state index in [-0.39, 0.29) is 29.4 Å². The van der Waals surface area contributed by atoms with E-state index in [0.29, 0.717) is 35.8 Å². The monoisotopic (exact) mass is 559 g/mol. The molecule has 0 unspecified atom stereocenters. The minimum atomic E-state index is -1.11. The van der Waals surface area contributed by atoms with E-state index in [4.69, 9.17) is 24.1 Å². The standard InChI is InChI=1S/C30H30FN5O5/c1-30(25-3-2-4-27(33-25)40-18-20-6-5-19(15-32)13-22(20)31)8-10-35(11-9-30)17-26-34-28-23(14-24(41-28)29(37)38)36(26)16-21-7-12-39-21/h2-6,13-14,21H,7-12,16-18H2,1H3,(H,37,38)/t21-/m0/s1. The molecule has 2 aliphatic heterocycles. The number of benzene rings is 1. The number of aromatic carboxylic acids is 1. The summed E-state index contributed by atoms with van der Waals surface area (Å²) in [5.41, 5.74) is 2.41. The second-order valence-electron chi connectivity index (χ2n) is 10.9. The van der Waals surface area contributed by atoms with Crippen LogP contribution in [0.5, 0.6) is 5.88 Å². The largest absolute Gasteiger partial charge is 0.475 e. The fourth-order valence-electron chi connectivity index (χ4n) is 5.40. The fourth-order valence-corrected chi connectivity index (χ4v) is 5.40. The quantitative estimate of drug-likeness (QED) is 0.312. The predicted molar refractivity (Wildman–Crippen MR) is 145 cm³/mol. The van der Waals surface area contributed by atoms with Gasteiger partial charge < -0.3 is 23.6 Å². The van der Waals surface area contributed by atoms with E-state index in [1.165, 1.54) is 12.1 Å². The first kappa shape index (κ1) is 26.9.